The Morgan fingerprint density at radius 2 is 2.06 bits per heavy atom. The molecular formula is C15H21ClO. The monoisotopic (exact) mass is 252 g/mol. The van der Waals surface area contributed by atoms with Crippen molar-refractivity contribution in [2.75, 3.05) is 7.11 Å². The van der Waals surface area contributed by atoms with E-state index in [1.165, 1.54) is 29.5 Å². The van der Waals surface area contributed by atoms with Crippen molar-refractivity contribution in [1.82, 2.24) is 0 Å². The van der Waals surface area contributed by atoms with Crippen LogP contribution < -0.4 is 4.74 Å². The first-order valence-corrected chi connectivity index (χ1v) is 6.83. The van der Waals surface area contributed by atoms with Crippen molar-refractivity contribution in [2.45, 2.75) is 44.9 Å². The molecule has 1 nitrogen and oxygen atoms in total. The number of aryl methyl sites for hydroxylation is 2. The lowest BCUT2D eigenvalue weighted by atomic mass is 9.98. The fraction of sp³-hybridized carbons (Fsp3) is 0.600. The molecular weight excluding hydrogens is 232 g/mol. The number of hydrogen-bond donors (Lipinski definition) is 0. The van der Waals surface area contributed by atoms with Crippen LogP contribution >= 0.6 is 11.6 Å². The van der Waals surface area contributed by atoms with Crippen molar-refractivity contribution in [3.63, 3.8) is 0 Å². The number of halogens is 1. The summed E-state index contributed by atoms with van der Waals surface area (Å²) in [6.45, 7) is 4.26. The molecule has 0 radical (unpaired) electrons. The average Bonchev–Trinajstić information content (AvgIpc) is 3.10. The summed E-state index contributed by atoms with van der Waals surface area (Å²) in [5, 5.41) is 0.348. The van der Waals surface area contributed by atoms with E-state index in [1.807, 2.05) is 0 Å². The van der Waals surface area contributed by atoms with Gasteiger partial charge in [-0.15, -0.1) is 11.6 Å². The first-order valence-electron chi connectivity index (χ1n) is 6.40. The van der Waals surface area contributed by atoms with E-state index in [2.05, 4.69) is 26.0 Å². The summed E-state index contributed by atoms with van der Waals surface area (Å²) in [6, 6.07) is 4.33. The molecule has 1 aromatic rings. The third-order valence-electron chi connectivity index (χ3n) is 3.60. The molecule has 0 spiro atoms. The fourth-order valence-corrected chi connectivity index (χ4v) is 2.80. The molecule has 1 saturated carbocycles. The zero-order chi connectivity index (χ0) is 12.4. The van der Waals surface area contributed by atoms with Gasteiger partial charge in [0.05, 0.1) is 7.11 Å². The summed E-state index contributed by atoms with van der Waals surface area (Å²) in [4.78, 5) is 0. The summed E-state index contributed by atoms with van der Waals surface area (Å²) in [5.74, 6) is 1.79. The van der Waals surface area contributed by atoms with Crippen LogP contribution in [-0.2, 0) is 6.42 Å². The predicted octanol–water partition coefficient (Wildman–Crippen LogP) is 4.26. The SMILES string of the molecule is COc1cc(C)cc(C)c1CCC(Cl)C1CC1. The number of ether oxygens (including phenoxy) is 1. The molecule has 1 aliphatic rings. The minimum Gasteiger partial charge on any atom is -0.496 e. The molecule has 1 atom stereocenters. The van der Waals surface area contributed by atoms with E-state index in [-0.39, 0.29) is 0 Å². The number of alkyl halides is 1. The lowest BCUT2D eigenvalue weighted by Gasteiger charge is -2.14. The minimum atomic E-state index is 0.348. The van der Waals surface area contributed by atoms with Crippen LogP contribution in [0.1, 0.15) is 36.0 Å². The lowest BCUT2D eigenvalue weighted by molar-refractivity contribution is 0.408. The van der Waals surface area contributed by atoms with Crippen LogP contribution in [0.15, 0.2) is 12.1 Å². The van der Waals surface area contributed by atoms with Crippen LogP contribution in [0.5, 0.6) is 5.75 Å². The molecule has 0 heterocycles. The number of benzene rings is 1. The molecule has 0 aromatic heterocycles. The second-order valence-electron chi connectivity index (χ2n) is 5.15. The maximum absolute atomic E-state index is 6.37. The molecule has 94 valence electrons. The summed E-state index contributed by atoms with van der Waals surface area (Å²) in [5.41, 5.74) is 3.90. The molecule has 0 bridgehead atoms. The van der Waals surface area contributed by atoms with Gasteiger partial charge in [0.25, 0.3) is 0 Å². The van der Waals surface area contributed by atoms with Gasteiger partial charge in [0.1, 0.15) is 5.75 Å². The fourth-order valence-electron chi connectivity index (χ4n) is 2.44. The van der Waals surface area contributed by atoms with Gasteiger partial charge >= 0.3 is 0 Å². The van der Waals surface area contributed by atoms with Crippen molar-refractivity contribution in [2.24, 2.45) is 5.92 Å². The van der Waals surface area contributed by atoms with Crippen molar-refractivity contribution < 1.29 is 4.74 Å². The highest BCUT2D eigenvalue weighted by Gasteiger charge is 2.29. The zero-order valence-corrected chi connectivity index (χ0v) is 11.7. The Morgan fingerprint density at radius 1 is 1.35 bits per heavy atom. The first kappa shape index (κ1) is 12.8. The molecule has 1 aliphatic carbocycles. The van der Waals surface area contributed by atoms with E-state index in [0.29, 0.717) is 5.38 Å². The second-order valence-corrected chi connectivity index (χ2v) is 5.72. The molecule has 0 saturated heterocycles. The zero-order valence-electron chi connectivity index (χ0n) is 10.9. The topological polar surface area (TPSA) is 9.23 Å². The summed E-state index contributed by atoms with van der Waals surface area (Å²) in [7, 11) is 1.75. The van der Waals surface area contributed by atoms with Gasteiger partial charge in [-0.2, -0.15) is 0 Å². The molecule has 17 heavy (non-hydrogen) atoms. The largest absolute Gasteiger partial charge is 0.496 e. The van der Waals surface area contributed by atoms with Gasteiger partial charge in [-0.1, -0.05) is 6.07 Å². The predicted molar refractivity (Wildman–Crippen MR) is 73.2 cm³/mol. The maximum atomic E-state index is 6.37. The third-order valence-corrected chi connectivity index (χ3v) is 4.17. The van der Waals surface area contributed by atoms with E-state index in [4.69, 9.17) is 16.3 Å². The molecule has 1 fully saturated rings. The van der Waals surface area contributed by atoms with Gasteiger partial charge in [0.2, 0.25) is 0 Å². The van der Waals surface area contributed by atoms with E-state index in [1.54, 1.807) is 7.11 Å². The van der Waals surface area contributed by atoms with E-state index in [0.717, 1.165) is 24.5 Å². The van der Waals surface area contributed by atoms with Gasteiger partial charge < -0.3 is 4.74 Å². The Kier molecular flexibility index (Phi) is 3.98. The number of methoxy groups -OCH3 is 1. The molecule has 1 unspecified atom stereocenters. The third kappa shape index (κ3) is 3.16. The van der Waals surface area contributed by atoms with Crippen LogP contribution in [0.3, 0.4) is 0 Å². The highest BCUT2D eigenvalue weighted by atomic mass is 35.5. The van der Waals surface area contributed by atoms with Gasteiger partial charge in [-0.25, -0.2) is 0 Å². The Balaban J connectivity index is 2.07. The van der Waals surface area contributed by atoms with Crippen LogP contribution in [0.2, 0.25) is 0 Å². The molecule has 0 N–H and O–H groups in total. The lowest BCUT2D eigenvalue weighted by Crippen LogP contribution is -2.05. The Morgan fingerprint density at radius 3 is 2.65 bits per heavy atom. The smallest absolute Gasteiger partial charge is 0.122 e. The highest BCUT2D eigenvalue weighted by Crippen LogP contribution is 2.38. The standard InChI is InChI=1S/C15H21ClO/c1-10-8-11(2)13(15(9-10)17-3)6-7-14(16)12-4-5-12/h8-9,12,14H,4-7H2,1-3H3. The molecule has 2 heteroatoms. The van der Waals surface area contributed by atoms with E-state index in [9.17, 15) is 0 Å². The van der Waals surface area contributed by atoms with Crippen molar-refractivity contribution in [3.8, 4) is 5.75 Å². The molecule has 1 aromatic carbocycles. The van der Waals surface area contributed by atoms with Crippen LogP contribution in [0.25, 0.3) is 0 Å². The quantitative estimate of drug-likeness (QED) is 0.712. The van der Waals surface area contributed by atoms with Crippen molar-refractivity contribution >= 4 is 11.6 Å². The normalized spacial score (nSPS) is 16.9. The van der Waals surface area contributed by atoms with E-state index >= 15 is 0 Å². The highest BCUT2D eigenvalue weighted by molar-refractivity contribution is 6.20. The van der Waals surface area contributed by atoms with Crippen molar-refractivity contribution in [1.29, 1.82) is 0 Å². The van der Waals surface area contributed by atoms with Gasteiger partial charge in [0.15, 0.2) is 0 Å². The summed E-state index contributed by atoms with van der Waals surface area (Å²) in [6.07, 6.45) is 4.72. The van der Waals surface area contributed by atoms with Crippen molar-refractivity contribution in [3.05, 3.63) is 28.8 Å². The minimum absolute atomic E-state index is 0.348. The van der Waals surface area contributed by atoms with Gasteiger partial charge in [-0.05, 0) is 68.2 Å². The van der Waals surface area contributed by atoms with Crippen LogP contribution in [0.4, 0.5) is 0 Å². The molecule has 0 aliphatic heterocycles. The van der Waals surface area contributed by atoms with Crippen LogP contribution in [0, 0.1) is 19.8 Å². The summed E-state index contributed by atoms with van der Waals surface area (Å²) < 4.78 is 5.47. The summed E-state index contributed by atoms with van der Waals surface area (Å²) >= 11 is 6.37. The van der Waals surface area contributed by atoms with Gasteiger partial charge in [0, 0.05) is 5.38 Å². The average molecular weight is 253 g/mol. The molecule has 0 amide bonds. The number of hydrogen-bond acceptors (Lipinski definition) is 1. The maximum Gasteiger partial charge on any atom is 0.122 e. The first-order chi connectivity index (χ1) is 8.11. The van der Waals surface area contributed by atoms with E-state index < -0.39 is 0 Å². The number of rotatable bonds is 5. The van der Waals surface area contributed by atoms with Gasteiger partial charge in [-0.3, -0.25) is 0 Å². The Labute approximate surface area is 109 Å². The Bertz CT molecular complexity index is 396. The molecule has 2 rings (SSSR count). The Hall–Kier alpha value is -0.690. The second kappa shape index (κ2) is 5.30. The van der Waals surface area contributed by atoms with Crippen LogP contribution in [-0.4, -0.2) is 12.5 Å².